The first-order valence-corrected chi connectivity index (χ1v) is 5.80. The van der Waals surface area contributed by atoms with Crippen LogP contribution in [0, 0.1) is 0 Å². The van der Waals surface area contributed by atoms with Crippen molar-refractivity contribution < 1.29 is 18.3 Å². The van der Waals surface area contributed by atoms with Crippen LogP contribution < -0.4 is 0 Å². The van der Waals surface area contributed by atoms with Crippen LogP contribution in [0.3, 0.4) is 0 Å². The predicted octanol–water partition coefficient (Wildman–Crippen LogP) is 3.85. The van der Waals surface area contributed by atoms with Crippen LogP contribution in [-0.4, -0.2) is 5.11 Å². The first-order valence-electron chi connectivity index (χ1n) is 4.86. The van der Waals surface area contributed by atoms with Gasteiger partial charge in [-0.05, 0) is 34.0 Å². The highest BCUT2D eigenvalue weighted by molar-refractivity contribution is 7.07. The largest absolute Gasteiger partial charge is 0.416 e. The van der Waals surface area contributed by atoms with Crippen molar-refractivity contribution in [1.82, 2.24) is 0 Å². The summed E-state index contributed by atoms with van der Waals surface area (Å²) in [5.74, 6) is 0. The Morgan fingerprint density at radius 2 is 1.82 bits per heavy atom. The van der Waals surface area contributed by atoms with Gasteiger partial charge in [0.15, 0.2) is 0 Å². The number of alkyl halides is 3. The molecule has 0 radical (unpaired) electrons. The number of benzene rings is 1. The third-order valence-corrected chi connectivity index (χ3v) is 3.12. The van der Waals surface area contributed by atoms with Crippen LogP contribution in [0.15, 0.2) is 41.1 Å². The summed E-state index contributed by atoms with van der Waals surface area (Å²) in [6.45, 7) is 0. The Balaban J connectivity index is 2.46. The summed E-state index contributed by atoms with van der Waals surface area (Å²) in [5, 5.41) is 13.3. The van der Waals surface area contributed by atoms with Gasteiger partial charge in [-0.25, -0.2) is 0 Å². The monoisotopic (exact) mass is 258 g/mol. The van der Waals surface area contributed by atoms with E-state index in [9.17, 15) is 18.3 Å². The molecule has 2 aromatic rings. The van der Waals surface area contributed by atoms with E-state index in [0.717, 1.165) is 6.07 Å². The average Bonchev–Trinajstić information content (AvgIpc) is 2.80. The lowest BCUT2D eigenvalue weighted by Gasteiger charge is -2.16. The van der Waals surface area contributed by atoms with E-state index in [1.54, 1.807) is 16.8 Å². The highest BCUT2D eigenvalue weighted by Gasteiger charge is 2.34. The molecule has 1 aromatic heterocycles. The molecule has 1 aromatic carbocycles. The topological polar surface area (TPSA) is 20.2 Å². The average molecular weight is 258 g/mol. The van der Waals surface area contributed by atoms with Gasteiger partial charge in [0.1, 0.15) is 6.10 Å². The smallest absolute Gasteiger partial charge is 0.384 e. The zero-order valence-electron chi connectivity index (χ0n) is 8.61. The summed E-state index contributed by atoms with van der Waals surface area (Å²) in [4.78, 5) is 0. The third-order valence-electron chi connectivity index (χ3n) is 2.42. The van der Waals surface area contributed by atoms with Gasteiger partial charge < -0.3 is 5.11 Å². The van der Waals surface area contributed by atoms with Gasteiger partial charge in [-0.2, -0.15) is 24.5 Å². The van der Waals surface area contributed by atoms with Crippen LogP contribution in [0.4, 0.5) is 13.2 Å². The van der Waals surface area contributed by atoms with E-state index in [4.69, 9.17) is 0 Å². The van der Waals surface area contributed by atoms with Gasteiger partial charge >= 0.3 is 6.18 Å². The predicted molar refractivity (Wildman–Crippen MR) is 59.8 cm³/mol. The lowest BCUT2D eigenvalue weighted by Crippen LogP contribution is -2.12. The van der Waals surface area contributed by atoms with Crippen molar-refractivity contribution in [2.45, 2.75) is 12.3 Å². The molecule has 0 bridgehead atoms. The Bertz CT molecular complexity index is 491. The molecular formula is C12H9F3OS. The maximum atomic E-state index is 12.7. The molecule has 1 heterocycles. The Hall–Kier alpha value is -1.33. The second-order valence-electron chi connectivity index (χ2n) is 3.54. The molecule has 0 aliphatic rings. The molecule has 0 saturated carbocycles. The number of thiophene rings is 1. The Kier molecular flexibility index (Phi) is 3.22. The lowest BCUT2D eigenvalue weighted by molar-refractivity contribution is -0.139. The van der Waals surface area contributed by atoms with Crippen LogP contribution >= 0.6 is 11.3 Å². The van der Waals surface area contributed by atoms with Gasteiger partial charge in [-0.3, -0.25) is 0 Å². The van der Waals surface area contributed by atoms with Crippen LogP contribution in [0.25, 0.3) is 0 Å². The van der Waals surface area contributed by atoms with Gasteiger partial charge in [0.05, 0.1) is 5.56 Å². The standard InChI is InChI=1S/C12H9F3OS/c13-12(14,15)10-4-2-1-3-9(10)11(16)8-5-6-17-7-8/h1-7,11,16H. The van der Waals surface area contributed by atoms with E-state index < -0.39 is 17.8 Å². The summed E-state index contributed by atoms with van der Waals surface area (Å²) in [6, 6.07) is 6.69. The number of aliphatic hydroxyl groups excluding tert-OH is 1. The zero-order chi connectivity index (χ0) is 12.5. The van der Waals surface area contributed by atoms with Crippen molar-refractivity contribution in [3.8, 4) is 0 Å². The molecule has 5 heteroatoms. The van der Waals surface area contributed by atoms with Gasteiger partial charge in [-0.1, -0.05) is 18.2 Å². The number of hydrogen-bond donors (Lipinski definition) is 1. The molecule has 0 spiro atoms. The van der Waals surface area contributed by atoms with Crippen molar-refractivity contribution in [3.63, 3.8) is 0 Å². The summed E-state index contributed by atoms with van der Waals surface area (Å²) >= 11 is 1.33. The molecule has 0 aliphatic carbocycles. The van der Waals surface area contributed by atoms with E-state index in [-0.39, 0.29) is 5.56 Å². The van der Waals surface area contributed by atoms with Gasteiger partial charge in [0.25, 0.3) is 0 Å². The minimum atomic E-state index is -4.45. The number of hydrogen-bond acceptors (Lipinski definition) is 2. The minimum Gasteiger partial charge on any atom is -0.384 e. The van der Waals surface area contributed by atoms with Crippen LogP contribution in [0.1, 0.15) is 22.8 Å². The SMILES string of the molecule is OC(c1ccsc1)c1ccccc1C(F)(F)F. The fraction of sp³-hybridized carbons (Fsp3) is 0.167. The highest BCUT2D eigenvalue weighted by atomic mass is 32.1. The summed E-state index contributed by atoms with van der Waals surface area (Å²) < 4.78 is 38.2. The molecule has 1 N–H and O–H groups in total. The van der Waals surface area contributed by atoms with Crippen LogP contribution in [-0.2, 0) is 6.18 Å². The van der Waals surface area contributed by atoms with Crippen molar-refractivity contribution in [2.75, 3.05) is 0 Å². The maximum Gasteiger partial charge on any atom is 0.416 e. The summed E-state index contributed by atoms with van der Waals surface area (Å²) in [6.07, 6.45) is -5.69. The molecule has 0 fully saturated rings. The molecule has 17 heavy (non-hydrogen) atoms. The summed E-state index contributed by atoms with van der Waals surface area (Å²) in [7, 11) is 0. The van der Waals surface area contributed by atoms with Crippen molar-refractivity contribution >= 4 is 11.3 Å². The molecule has 1 nitrogen and oxygen atoms in total. The minimum absolute atomic E-state index is 0.113. The molecule has 1 atom stereocenters. The normalized spacial score (nSPS) is 13.6. The molecule has 90 valence electrons. The molecule has 2 rings (SSSR count). The van der Waals surface area contributed by atoms with Crippen molar-refractivity contribution in [1.29, 1.82) is 0 Å². The Morgan fingerprint density at radius 3 is 2.41 bits per heavy atom. The lowest BCUT2D eigenvalue weighted by atomic mass is 9.98. The Morgan fingerprint density at radius 1 is 1.12 bits per heavy atom. The van der Waals surface area contributed by atoms with E-state index in [1.165, 1.54) is 29.5 Å². The molecule has 1 unspecified atom stereocenters. The highest BCUT2D eigenvalue weighted by Crippen LogP contribution is 2.36. The van der Waals surface area contributed by atoms with Gasteiger partial charge in [0.2, 0.25) is 0 Å². The molecule has 0 amide bonds. The number of aliphatic hydroxyl groups is 1. The second-order valence-corrected chi connectivity index (χ2v) is 4.32. The van der Waals surface area contributed by atoms with Crippen LogP contribution in [0.2, 0.25) is 0 Å². The van der Waals surface area contributed by atoms with Crippen molar-refractivity contribution in [3.05, 3.63) is 57.8 Å². The fourth-order valence-electron chi connectivity index (χ4n) is 1.60. The first kappa shape index (κ1) is 12.1. The quantitative estimate of drug-likeness (QED) is 0.867. The summed E-state index contributed by atoms with van der Waals surface area (Å²) in [5.41, 5.74) is -0.427. The van der Waals surface area contributed by atoms with E-state index in [0.29, 0.717) is 5.56 Å². The van der Waals surface area contributed by atoms with E-state index in [1.807, 2.05) is 0 Å². The zero-order valence-corrected chi connectivity index (χ0v) is 9.42. The van der Waals surface area contributed by atoms with Gasteiger partial charge in [-0.15, -0.1) is 0 Å². The number of halogens is 3. The third kappa shape index (κ3) is 2.50. The fourth-order valence-corrected chi connectivity index (χ4v) is 2.28. The maximum absolute atomic E-state index is 12.7. The number of rotatable bonds is 2. The van der Waals surface area contributed by atoms with Crippen molar-refractivity contribution in [2.24, 2.45) is 0 Å². The first-order chi connectivity index (χ1) is 8.00. The van der Waals surface area contributed by atoms with E-state index >= 15 is 0 Å². The molecule has 0 aliphatic heterocycles. The van der Waals surface area contributed by atoms with Crippen LogP contribution in [0.5, 0.6) is 0 Å². The molecular weight excluding hydrogens is 249 g/mol. The van der Waals surface area contributed by atoms with E-state index in [2.05, 4.69) is 0 Å². The second kappa shape index (κ2) is 4.50. The Labute approximate surface area is 100 Å². The molecule has 0 saturated heterocycles. The van der Waals surface area contributed by atoms with Gasteiger partial charge in [0, 0.05) is 0 Å².